The van der Waals surface area contributed by atoms with Crippen molar-refractivity contribution in [1.29, 1.82) is 0 Å². The van der Waals surface area contributed by atoms with E-state index in [2.05, 4.69) is 34.0 Å². The molecule has 1 spiro atoms. The molecule has 3 heterocycles. The lowest BCUT2D eigenvalue weighted by molar-refractivity contribution is 0.0206. The molecule has 1 N–H and O–H groups in total. The molecule has 4 rings (SSSR count). The number of nitrogens with one attached hydrogen (secondary N) is 1. The van der Waals surface area contributed by atoms with Gasteiger partial charge in [-0.3, -0.25) is 9.89 Å². The maximum absolute atomic E-state index is 5.29. The number of guanidine groups is 1. The van der Waals surface area contributed by atoms with Gasteiger partial charge in [-0.2, -0.15) is 0 Å². The summed E-state index contributed by atoms with van der Waals surface area (Å²) in [4.78, 5) is 13.2. The van der Waals surface area contributed by atoms with Crippen LogP contribution < -0.4 is 5.32 Å². The molecule has 0 aromatic rings. The highest BCUT2D eigenvalue weighted by molar-refractivity contribution is 14.0. The normalized spacial score (nSPS) is 28.1. The molecule has 3 saturated heterocycles. The molecule has 0 unspecified atom stereocenters. The number of aliphatic imine (C=N–C) groups is 1. The largest absolute Gasteiger partial charge is 0.357 e. The summed E-state index contributed by atoms with van der Waals surface area (Å²) in [5, 5.41) is 3.63. The van der Waals surface area contributed by atoms with Crippen LogP contribution >= 0.6 is 24.0 Å². The molecule has 1 saturated carbocycles. The van der Waals surface area contributed by atoms with Gasteiger partial charge in [0.25, 0.3) is 0 Å². The number of nitrogens with zero attached hydrogens (tertiary/aromatic N) is 4. The van der Waals surface area contributed by atoms with E-state index >= 15 is 0 Å². The van der Waals surface area contributed by atoms with E-state index in [9.17, 15) is 0 Å². The maximum Gasteiger partial charge on any atom is 0.193 e. The molecule has 0 aromatic carbocycles. The Kier molecular flexibility index (Phi) is 7.93. The fraction of sp³-hybridized carbons (Fsp3) is 0.955. The quantitative estimate of drug-likeness (QED) is 0.363. The Hall–Kier alpha value is -0.0800. The number of rotatable bonds is 4. The average molecular weight is 504 g/mol. The van der Waals surface area contributed by atoms with Crippen LogP contribution in [0.5, 0.6) is 0 Å². The molecule has 0 bridgehead atoms. The molecule has 1 aliphatic carbocycles. The molecule has 28 heavy (non-hydrogen) atoms. The van der Waals surface area contributed by atoms with Crippen LogP contribution in [-0.2, 0) is 0 Å². The van der Waals surface area contributed by atoms with E-state index in [-0.39, 0.29) is 24.0 Å². The Bertz CT molecular complexity index is 519. The first-order valence-electron chi connectivity index (χ1n) is 11.6. The zero-order chi connectivity index (χ0) is 18.7. The van der Waals surface area contributed by atoms with Crippen LogP contribution in [0.25, 0.3) is 0 Å². The van der Waals surface area contributed by atoms with E-state index in [0.29, 0.717) is 11.0 Å². The molecule has 0 radical (unpaired) electrons. The fourth-order valence-corrected chi connectivity index (χ4v) is 5.83. The standard InChI is InChI=1S/C22H41N5.HI/c1-3-23-20(26-17-10-21(19-26)8-7-9-21)24-18-22(11-15-25(2)16-12-22)27-13-5-4-6-14-27;/h3-19H2,1-2H3,(H,23,24);1H. The van der Waals surface area contributed by atoms with Gasteiger partial charge in [-0.25, -0.2) is 0 Å². The van der Waals surface area contributed by atoms with Crippen LogP contribution in [0.4, 0.5) is 0 Å². The van der Waals surface area contributed by atoms with Gasteiger partial charge in [0.2, 0.25) is 0 Å². The first kappa shape index (κ1) is 22.6. The summed E-state index contributed by atoms with van der Waals surface area (Å²) in [6, 6.07) is 0. The third-order valence-corrected chi connectivity index (χ3v) is 7.95. The molecular weight excluding hydrogens is 461 g/mol. The summed E-state index contributed by atoms with van der Waals surface area (Å²) in [6.45, 7) is 11.6. The van der Waals surface area contributed by atoms with Crippen molar-refractivity contribution in [1.82, 2.24) is 20.0 Å². The van der Waals surface area contributed by atoms with Crippen molar-refractivity contribution in [2.24, 2.45) is 10.4 Å². The van der Waals surface area contributed by atoms with Crippen molar-refractivity contribution in [3.05, 3.63) is 0 Å². The minimum absolute atomic E-state index is 0. The summed E-state index contributed by atoms with van der Waals surface area (Å²) in [5.74, 6) is 1.19. The molecule has 0 aromatic heterocycles. The molecule has 0 atom stereocenters. The molecule has 0 amide bonds. The van der Waals surface area contributed by atoms with Crippen LogP contribution in [0.15, 0.2) is 4.99 Å². The second-order valence-electron chi connectivity index (χ2n) is 9.77. The summed E-state index contributed by atoms with van der Waals surface area (Å²) < 4.78 is 0. The van der Waals surface area contributed by atoms with Crippen LogP contribution in [0.1, 0.15) is 64.7 Å². The lowest BCUT2D eigenvalue weighted by Gasteiger charge is -2.49. The van der Waals surface area contributed by atoms with Gasteiger partial charge in [-0.1, -0.05) is 12.8 Å². The monoisotopic (exact) mass is 503 g/mol. The summed E-state index contributed by atoms with van der Waals surface area (Å²) in [5.41, 5.74) is 0.926. The van der Waals surface area contributed by atoms with Crippen molar-refractivity contribution < 1.29 is 0 Å². The smallest absolute Gasteiger partial charge is 0.193 e. The molecule has 4 fully saturated rings. The molecule has 4 aliphatic rings. The Morgan fingerprint density at radius 3 is 2.18 bits per heavy atom. The Labute approximate surface area is 189 Å². The van der Waals surface area contributed by atoms with Crippen molar-refractivity contribution >= 4 is 29.9 Å². The van der Waals surface area contributed by atoms with Crippen LogP contribution in [-0.4, -0.2) is 85.6 Å². The predicted molar refractivity (Wildman–Crippen MR) is 129 cm³/mol. The van der Waals surface area contributed by atoms with Gasteiger partial charge in [-0.15, -0.1) is 24.0 Å². The summed E-state index contributed by atoms with van der Waals surface area (Å²) >= 11 is 0. The highest BCUT2D eigenvalue weighted by atomic mass is 127. The second-order valence-corrected chi connectivity index (χ2v) is 9.77. The third kappa shape index (κ3) is 4.80. The van der Waals surface area contributed by atoms with Gasteiger partial charge in [0.05, 0.1) is 6.54 Å². The molecular formula is C22H42IN5. The molecule has 162 valence electrons. The summed E-state index contributed by atoms with van der Waals surface area (Å²) in [7, 11) is 2.27. The highest BCUT2D eigenvalue weighted by Crippen LogP contribution is 2.48. The Morgan fingerprint density at radius 2 is 1.61 bits per heavy atom. The molecule has 3 aliphatic heterocycles. The third-order valence-electron chi connectivity index (χ3n) is 7.95. The number of piperidine rings is 2. The Balaban J connectivity index is 0.00000225. The predicted octanol–water partition coefficient (Wildman–Crippen LogP) is 3.40. The van der Waals surface area contributed by atoms with Gasteiger partial charge >= 0.3 is 0 Å². The van der Waals surface area contributed by atoms with Crippen molar-refractivity contribution in [3.63, 3.8) is 0 Å². The zero-order valence-electron chi connectivity index (χ0n) is 18.2. The number of hydrogen-bond acceptors (Lipinski definition) is 3. The van der Waals surface area contributed by atoms with E-state index in [1.807, 2.05) is 0 Å². The minimum atomic E-state index is 0. The van der Waals surface area contributed by atoms with Gasteiger partial charge < -0.3 is 15.1 Å². The van der Waals surface area contributed by atoms with Crippen LogP contribution in [0.3, 0.4) is 0 Å². The first-order valence-corrected chi connectivity index (χ1v) is 11.6. The first-order chi connectivity index (χ1) is 13.1. The number of hydrogen-bond donors (Lipinski definition) is 1. The average Bonchev–Trinajstić information content (AvgIpc) is 3.14. The fourth-order valence-electron chi connectivity index (χ4n) is 5.83. The maximum atomic E-state index is 5.29. The van der Waals surface area contributed by atoms with E-state index in [1.165, 1.54) is 103 Å². The van der Waals surface area contributed by atoms with Gasteiger partial charge in [0.1, 0.15) is 0 Å². The molecule has 6 heteroatoms. The highest BCUT2D eigenvalue weighted by Gasteiger charge is 2.44. The lowest BCUT2D eigenvalue weighted by Crippen LogP contribution is -2.58. The minimum Gasteiger partial charge on any atom is -0.357 e. The second kappa shape index (κ2) is 9.82. The van der Waals surface area contributed by atoms with Gasteiger partial charge in [0.15, 0.2) is 5.96 Å². The van der Waals surface area contributed by atoms with E-state index in [1.54, 1.807) is 0 Å². The number of likely N-dealkylation sites (tertiary alicyclic amines) is 3. The van der Waals surface area contributed by atoms with Crippen molar-refractivity contribution in [2.75, 3.05) is 59.4 Å². The van der Waals surface area contributed by atoms with E-state index in [0.717, 1.165) is 13.1 Å². The van der Waals surface area contributed by atoms with Crippen molar-refractivity contribution in [3.8, 4) is 0 Å². The summed E-state index contributed by atoms with van der Waals surface area (Å²) in [6.07, 6.45) is 12.4. The Morgan fingerprint density at radius 1 is 0.893 bits per heavy atom. The van der Waals surface area contributed by atoms with Crippen molar-refractivity contribution in [2.45, 2.75) is 70.3 Å². The van der Waals surface area contributed by atoms with Gasteiger partial charge in [-0.05, 0) is 90.5 Å². The van der Waals surface area contributed by atoms with Gasteiger partial charge in [0, 0.05) is 25.2 Å². The van der Waals surface area contributed by atoms with Crippen LogP contribution in [0, 0.1) is 5.41 Å². The van der Waals surface area contributed by atoms with E-state index in [4.69, 9.17) is 4.99 Å². The van der Waals surface area contributed by atoms with E-state index < -0.39 is 0 Å². The lowest BCUT2D eigenvalue weighted by atomic mass is 9.68. The topological polar surface area (TPSA) is 34.1 Å². The SMILES string of the molecule is CCNC(=NCC1(N2CCCCC2)CCN(C)CC1)N1CCC2(CCC2)C1.I. The zero-order valence-corrected chi connectivity index (χ0v) is 20.5. The van der Waals surface area contributed by atoms with Crippen LogP contribution in [0.2, 0.25) is 0 Å². The number of halogens is 1. The molecule has 5 nitrogen and oxygen atoms in total.